The molecule has 3 rings (SSSR count). The molecule has 0 spiro atoms. The first-order valence-corrected chi connectivity index (χ1v) is 8.51. The van der Waals surface area contributed by atoms with Crippen LogP contribution >= 0.6 is 0 Å². The molecule has 0 fully saturated rings. The maximum Gasteiger partial charge on any atom is 0.229 e. The largest absolute Gasteiger partial charge is 0.385 e. The molecule has 0 radical (unpaired) electrons. The summed E-state index contributed by atoms with van der Waals surface area (Å²) in [4.78, 5) is 14.7. The number of carbonyl (C=O) groups excluding carboxylic acids is 1. The molecule has 3 aromatic carbocycles. The van der Waals surface area contributed by atoms with E-state index >= 15 is 0 Å². The van der Waals surface area contributed by atoms with Gasteiger partial charge in [0.1, 0.15) is 0 Å². The predicted octanol–water partition coefficient (Wildman–Crippen LogP) is 4.72. The molecule has 3 aromatic rings. The molecule has 3 heteroatoms. The summed E-state index contributed by atoms with van der Waals surface area (Å²) in [5.41, 5.74) is 3.08. The minimum Gasteiger partial charge on any atom is -0.385 e. The van der Waals surface area contributed by atoms with Crippen LogP contribution in [0.1, 0.15) is 12.0 Å². The molecule has 0 unspecified atom stereocenters. The fraction of sp³-hybridized carbons (Fsp3) is 0.136. The van der Waals surface area contributed by atoms with E-state index in [0.717, 1.165) is 16.9 Å². The van der Waals surface area contributed by atoms with Crippen molar-refractivity contribution in [2.45, 2.75) is 13.0 Å². The molecular weight excluding hydrogens is 308 g/mol. The van der Waals surface area contributed by atoms with E-state index < -0.39 is 0 Å². The van der Waals surface area contributed by atoms with E-state index in [1.54, 1.807) is 0 Å². The quantitative estimate of drug-likeness (QED) is 0.680. The molecule has 3 nitrogen and oxygen atoms in total. The number of hydrogen-bond acceptors (Lipinski definition) is 2. The number of nitrogens with zero attached hydrogens (tertiary/aromatic N) is 1. The summed E-state index contributed by atoms with van der Waals surface area (Å²) in [6, 6.07) is 29.9. The first-order valence-electron chi connectivity index (χ1n) is 8.51. The van der Waals surface area contributed by atoms with Gasteiger partial charge in [-0.3, -0.25) is 4.79 Å². The number of anilines is 2. The van der Waals surface area contributed by atoms with Gasteiger partial charge in [0.2, 0.25) is 5.91 Å². The van der Waals surface area contributed by atoms with Crippen LogP contribution < -0.4 is 10.2 Å². The van der Waals surface area contributed by atoms with Crippen LogP contribution in [0.3, 0.4) is 0 Å². The molecular formula is C22H22N2O. The standard InChI is InChI=1S/C22H22N2O/c25-22(16-17-23-20-12-6-2-7-13-20)24(21-14-8-3-9-15-21)18-19-10-4-1-5-11-19/h1-15,23H,16-18H2. The summed E-state index contributed by atoms with van der Waals surface area (Å²) < 4.78 is 0. The summed E-state index contributed by atoms with van der Waals surface area (Å²) in [7, 11) is 0. The van der Waals surface area contributed by atoms with Crippen molar-refractivity contribution in [3.8, 4) is 0 Å². The molecule has 0 aliphatic carbocycles. The van der Waals surface area contributed by atoms with Gasteiger partial charge >= 0.3 is 0 Å². The number of rotatable bonds is 7. The van der Waals surface area contributed by atoms with Gasteiger partial charge in [0.15, 0.2) is 0 Å². The lowest BCUT2D eigenvalue weighted by molar-refractivity contribution is -0.118. The Bertz CT molecular complexity index is 773. The third kappa shape index (κ3) is 4.95. The lowest BCUT2D eigenvalue weighted by atomic mass is 10.2. The fourth-order valence-electron chi connectivity index (χ4n) is 2.70. The van der Waals surface area contributed by atoms with Gasteiger partial charge in [-0.15, -0.1) is 0 Å². The van der Waals surface area contributed by atoms with Gasteiger partial charge in [-0.2, -0.15) is 0 Å². The van der Waals surface area contributed by atoms with Gasteiger partial charge in [0, 0.05) is 24.3 Å². The summed E-state index contributed by atoms with van der Waals surface area (Å²) in [5, 5.41) is 3.30. The van der Waals surface area contributed by atoms with Crippen molar-refractivity contribution in [1.82, 2.24) is 0 Å². The van der Waals surface area contributed by atoms with E-state index in [4.69, 9.17) is 0 Å². The van der Waals surface area contributed by atoms with Crippen LogP contribution in [-0.4, -0.2) is 12.5 Å². The Hall–Kier alpha value is -3.07. The predicted molar refractivity (Wildman–Crippen MR) is 104 cm³/mol. The highest BCUT2D eigenvalue weighted by molar-refractivity contribution is 5.93. The zero-order chi connectivity index (χ0) is 17.3. The summed E-state index contributed by atoms with van der Waals surface area (Å²) in [5.74, 6) is 0.110. The van der Waals surface area contributed by atoms with Crippen molar-refractivity contribution in [3.63, 3.8) is 0 Å². The Morgan fingerprint density at radius 2 is 1.32 bits per heavy atom. The second kappa shape index (κ2) is 8.69. The van der Waals surface area contributed by atoms with Crippen molar-refractivity contribution < 1.29 is 4.79 Å². The van der Waals surface area contributed by atoms with Crippen LogP contribution in [0.15, 0.2) is 91.0 Å². The van der Waals surface area contributed by atoms with E-state index in [1.165, 1.54) is 0 Å². The maximum absolute atomic E-state index is 12.8. The average Bonchev–Trinajstić information content (AvgIpc) is 2.68. The average molecular weight is 330 g/mol. The van der Waals surface area contributed by atoms with E-state index in [1.807, 2.05) is 95.9 Å². The molecule has 0 bridgehead atoms. The van der Waals surface area contributed by atoms with Crippen molar-refractivity contribution in [3.05, 3.63) is 96.6 Å². The molecule has 0 atom stereocenters. The summed E-state index contributed by atoms with van der Waals surface area (Å²) in [6.45, 7) is 1.19. The highest BCUT2D eigenvalue weighted by Gasteiger charge is 2.15. The van der Waals surface area contributed by atoms with E-state index in [9.17, 15) is 4.79 Å². The van der Waals surface area contributed by atoms with Crippen LogP contribution in [0.2, 0.25) is 0 Å². The molecule has 1 amide bonds. The van der Waals surface area contributed by atoms with Gasteiger partial charge in [0.25, 0.3) is 0 Å². The number of nitrogens with one attached hydrogen (secondary N) is 1. The number of hydrogen-bond donors (Lipinski definition) is 1. The second-order valence-electron chi connectivity index (χ2n) is 5.84. The van der Waals surface area contributed by atoms with Gasteiger partial charge in [-0.1, -0.05) is 66.7 Å². The normalized spacial score (nSPS) is 10.2. The van der Waals surface area contributed by atoms with Gasteiger partial charge in [0.05, 0.1) is 6.54 Å². The van der Waals surface area contributed by atoms with Crippen molar-refractivity contribution in [2.24, 2.45) is 0 Å². The van der Waals surface area contributed by atoms with Crippen LogP contribution in [0, 0.1) is 0 Å². The first-order chi connectivity index (χ1) is 12.3. The summed E-state index contributed by atoms with van der Waals surface area (Å²) >= 11 is 0. The summed E-state index contributed by atoms with van der Waals surface area (Å²) in [6.07, 6.45) is 0.441. The highest BCUT2D eigenvalue weighted by atomic mass is 16.2. The van der Waals surface area contributed by atoms with Gasteiger partial charge in [-0.05, 0) is 29.8 Å². The molecule has 0 aromatic heterocycles. The number of para-hydroxylation sites is 2. The maximum atomic E-state index is 12.8. The monoisotopic (exact) mass is 330 g/mol. The Morgan fingerprint density at radius 3 is 1.96 bits per heavy atom. The number of carbonyl (C=O) groups is 1. The van der Waals surface area contributed by atoms with Crippen molar-refractivity contribution in [2.75, 3.05) is 16.8 Å². The van der Waals surface area contributed by atoms with E-state index in [-0.39, 0.29) is 5.91 Å². The molecule has 0 aliphatic heterocycles. The second-order valence-corrected chi connectivity index (χ2v) is 5.84. The molecule has 0 aliphatic rings. The Labute approximate surface area is 148 Å². The molecule has 25 heavy (non-hydrogen) atoms. The van der Waals surface area contributed by atoms with Gasteiger partial charge in [-0.25, -0.2) is 0 Å². The molecule has 0 saturated carbocycles. The van der Waals surface area contributed by atoms with E-state index in [0.29, 0.717) is 19.5 Å². The minimum atomic E-state index is 0.110. The SMILES string of the molecule is O=C(CCNc1ccccc1)N(Cc1ccccc1)c1ccccc1. The molecule has 1 N–H and O–H groups in total. The minimum absolute atomic E-state index is 0.110. The third-order valence-corrected chi connectivity index (χ3v) is 3.99. The zero-order valence-corrected chi connectivity index (χ0v) is 14.1. The smallest absolute Gasteiger partial charge is 0.229 e. The molecule has 126 valence electrons. The molecule has 0 heterocycles. The lowest BCUT2D eigenvalue weighted by Crippen LogP contribution is -2.31. The zero-order valence-electron chi connectivity index (χ0n) is 14.1. The Balaban J connectivity index is 1.67. The highest BCUT2D eigenvalue weighted by Crippen LogP contribution is 2.18. The Kier molecular flexibility index (Phi) is 5.83. The van der Waals surface area contributed by atoms with Crippen LogP contribution in [0.4, 0.5) is 11.4 Å². The van der Waals surface area contributed by atoms with Crippen LogP contribution in [0.25, 0.3) is 0 Å². The van der Waals surface area contributed by atoms with Gasteiger partial charge < -0.3 is 10.2 Å². The number of amides is 1. The van der Waals surface area contributed by atoms with Crippen molar-refractivity contribution in [1.29, 1.82) is 0 Å². The van der Waals surface area contributed by atoms with Crippen LogP contribution in [0.5, 0.6) is 0 Å². The number of benzene rings is 3. The third-order valence-electron chi connectivity index (χ3n) is 3.99. The topological polar surface area (TPSA) is 32.3 Å². The molecule has 0 saturated heterocycles. The van der Waals surface area contributed by atoms with E-state index in [2.05, 4.69) is 5.32 Å². The van der Waals surface area contributed by atoms with Crippen LogP contribution in [-0.2, 0) is 11.3 Å². The van der Waals surface area contributed by atoms with Crippen molar-refractivity contribution >= 4 is 17.3 Å². The first kappa shape index (κ1) is 16.8. The Morgan fingerprint density at radius 1 is 0.760 bits per heavy atom. The lowest BCUT2D eigenvalue weighted by Gasteiger charge is -2.23. The fourth-order valence-corrected chi connectivity index (χ4v) is 2.70.